The van der Waals surface area contributed by atoms with Crippen LogP contribution in [0, 0.1) is 6.92 Å². The van der Waals surface area contributed by atoms with Gasteiger partial charge in [-0.25, -0.2) is 4.98 Å². The zero-order chi connectivity index (χ0) is 21.1. The Hall–Kier alpha value is -2.66. The van der Waals surface area contributed by atoms with Crippen LogP contribution in [-0.4, -0.2) is 21.8 Å². The molecule has 0 atom stereocenters. The molecule has 0 saturated heterocycles. The van der Waals surface area contributed by atoms with Crippen LogP contribution >= 0.6 is 11.3 Å². The van der Waals surface area contributed by atoms with Crippen molar-refractivity contribution in [1.29, 1.82) is 0 Å². The number of hydrogen-bond acceptors (Lipinski definition) is 4. The van der Waals surface area contributed by atoms with Crippen molar-refractivity contribution in [3.05, 3.63) is 81.3 Å². The Balaban J connectivity index is 1.42. The number of nitrogens with zero attached hydrogens (tertiary/aromatic N) is 2. The number of aromatic nitrogens is 1. The Kier molecular flexibility index (Phi) is 6.18. The third-order valence-corrected chi connectivity index (χ3v) is 6.24. The quantitative estimate of drug-likeness (QED) is 0.452. The lowest BCUT2D eigenvalue weighted by Crippen LogP contribution is -2.32. The van der Waals surface area contributed by atoms with E-state index in [0.717, 1.165) is 40.4 Å². The normalized spacial score (nSPS) is 13.5. The molecule has 0 aliphatic heterocycles. The van der Waals surface area contributed by atoms with Crippen molar-refractivity contribution in [1.82, 2.24) is 9.88 Å². The van der Waals surface area contributed by atoms with Crippen LogP contribution in [0.15, 0.2) is 53.9 Å². The van der Waals surface area contributed by atoms with E-state index in [2.05, 4.69) is 19.9 Å². The summed E-state index contributed by atoms with van der Waals surface area (Å²) in [5.74, 6) is 1.42. The first-order chi connectivity index (χ1) is 14.5. The standard InChI is InChI=1S/C25H28N2O2S/c1-17(2)22-6-4-5-7-23(22)29-15-24-26-20(16-30-24)14-27(21-12-13-21)25(28)19-10-8-18(3)9-11-19/h4-11,16-17,21H,12-15H2,1-3H3. The molecule has 1 heterocycles. The second-order valence-corrected chi connectivity index (χ2v) is 9.19. The minimum Gasteiger partial charge on any atom is -0.486 e. The van der Waals surface area contributed by atoms with E-state index in [4.69, 9.17) is 9.72 Å². The van der Waals surface area contributed by atoms with Gasteiger partial charge in [-0.3, -0.25) is 4.79 Å². The van der Waals surface area contributed by atoms with E-state index in [0.29, 0.717) is 25.1 Å². The van der Waals surface area contributed by atoms with Crippen molar-refractivity contribution < 1.29 is 9.53 Å². The van der Waals surface area contributed by atoms with Crippen molar-refractivity contribution in [2.75, 3.05) is 0 Å². The summed E-state index contributed by atoms with van der Waals surface area (Å²) in [6.45, 7) is 7.37. The molecule has 5 heteroatoms. The molecule has 3 aromatic rings. The number of hydrogen-bond donors (Lipinski definition) is 0. The van der Waals surface area contributed by atoms with Crippen LogP contribution in [-0.2, 0) is 13.2 Å². The zero-order valence-corrected chi connectivity index (χ0v) is 18.6. The van der Waals surface area contributed by atoms with Crippen molar-refractivity contribution in [2.45, 2.75) is 58.7 Å². The Labute approximate surface area is 182 Å². The molecule has 2 aromatic carbocycles. The van der Waals surface area contributed by atoms with E-state index in [1.807, 2.05) is 59.7 Å². The number of aryl methyl sites for hydroxylation is 1. The topological polar surface area (TPSA) is 42.4 Å². The average Bonchev–Trinajstić information content (AvgIpc) is 3.49. The minimum atomic E-state index is 0.0918. The number of ether oxygens (including phenoxy) is 1. The first kappa shape index (κ1) is 20.6. The number of carbonyl (C=O) groups excluding carboxylic acids is 1. The fraction of sp³-hybridized carbons (Fsp3) is 0.360. The SMILES string of the molecule is Cc1ccc(C(=O)N(Cc2csc(COc3ccccc3C(C)C)n2)C2CC2)cc1. The van der Waals surface area contributed by atoms with E-state index in [-0.39, 0.29) is 5.91 Å². The molecule has 1 fully saturated rings. The van der Waals surface area contributed by atoms with Crippen LogP contribution < -0.4 is 4.74 Å². The van der Waals surface area contributed by atoms with Gasteiger partial charge in [0.1, 0.15) is 17.4 Å². The third-order valence-electron chi connectivity index (χ3n) is 5.37. The molecule has 4 rings (SSSR count). The molecule has 0 bridgehead atoms. The molecule has 1 aliphatic rings. The molecule has 0 spiro atoms. The third kappa shape index (κ3) is 4.90. The maximum absolute atomic E-state index is 13.0. The van der Waals surface area contributed by atoms with Gasteiger partial charge in [0.2, 0.25) is 0 Å². The number of amides is 1. The highest BCUT2D eigenvalue weighted by atomic mass is 32.1. The summed E-state index contributed by atoms with van der Waals surface area (Å²) < 4.78 is 6.06. The van der Waals surface area contributed by atoms with Gasteiger partial charge < -0.3 is 9.64 Å². The number of benzene rings is 2. The largest absolute Gasteiger partial charge is 0.486 e. The molecule has 30 heavy (non-hydrogen) atoms. The van der Waals surface area contributed by atoms with Gasteiger partial charge in [-0.2, -0.15) is 0 Å². The summed E-state index contributed by atoms with van der Waals surface area (Å²) in [6, 6.07) is 16.3. The Bertz CT molecular complexity index is 1010. The van der Waals surface area contributed by atoms with Gasteiger partial charge in [-0.15, -0.1) is 11.3 Å². The number of thiazole rings is 1. The summed E-state index contributed by atoms with van der Waals surface area (Å²) in [4.78, 5) is 19.7. The van der Waals surface area contributed by atoms with Gasteiger partial charge in [0, 0.05) is 17.0 Å². The smallest absolute Gasteiger partial charge is 0.254 e. The van der Waals surface area contributed by atoms with Crippen molar-refractivity contribution in [2.24, 2.45) is 0 Å². The first-order valence-corrected chi connectivity index (χ1v) is 11.4. The molecule has 0 unspecified atom stereocenters. The summed E-state index contributed by atoms with van der Waals surface area (Å²) in [6.07, 6.45) is 2.15. The van der Waals surface area contributed by atoms with Crippen molar-refractivity contribution in [3.63, 3.8) is 0 Å². The van der Waals surface area contributed by atoms with E-state index in [1.165, 1.54) is 5.56 Å². The number of carbonyl (C=O) groups is 1. The second kappa shape index (κ2) is 9.00. The Morgan fingerprint density at radius 1 is 1.17 bits per heavy atom. The van der Waals surface area contributed by atoms with Crippen molar-refractivity contribution in [3.8, 4) is 5.75 Å². The molecule has 0 radical (unpaired) electrons. The van der Waals surface area contributed by atoms with Gasteiger partial charge in [0.15, 0.2) is 0 Å². The van der Waals surface area contributed by atoms with Crippen LogP contribution in [0.4, 0.5) is 0 Å². The fourth-order valence-corrected chi connectivity index (χ4v) is 4.20. The molecular weight excluding hydrogens is 392 g/mol. The summed E-state index contributed by atoms with van der Waals surface area (Å²) >= 11 is 1.59. The van der Waals surface area contributed by atoms with Gasteiger partial charge in [-0.05, 0) is 49.4 Å². The zero-order valence-electron chi connectivity index (χ0n) is 17.8. The van der Waals surface area contributed by atoms with E-state index >= 15 is 0 Å². The molecule has 1 aliphatic carbocycles. The Morgan fingerprint density at radius 2 is 1.90 bits per heavy atom. The average molecular weight is 421 g/mol. The van der Waals surface area contributed by atoms with Gasteiger partial charge in [0.05, 0.1) is 12.2 Å². The van der Waals surface area contributed by atoms with Crippen LogP contribution in [0.3, 0.4) is 0 Å². The van der Waals surface area contributed by atoms with Gasteiger partial charge in [-0.1, -0.05) is 49.7 Å². The van der Waals surface area contributed by atoms with E-state index in [9.17, 15) is 4.79 Å². The monoisotopic (exact) mass is 420 g/mol. The highest BCUT2D eigenvalue weighted by Crippen LogP contribution is 2.31. The van der Waals surface area contributed by atoms with Crippen molar-refractivity contribution >= 4 is 17.2 Å². The van der Waals surface area contributed by atoms with Gasteiger partial charge >= 0.3 is 0 Å². The second-order valence-electron chi connectivity index (χ2n) is 8.24. The fourth-order valence-electron chi connectivity index (χ4n) is 3.51. The molecule has 156 valence electrons. The summed E-state index contributed by atoms with van der Waals surface area (Å²) in [5, 5.41) is 2.98. The van der Waals surface area contributed by atoms with Gasteiger partial charge in [0.25, 0.3) is 5.91 Å². The van der Waals surface area contributed by atoms with E-state index < -0.39 is 0 Å². The molecule has 4 nitrogen and oxygen atoms in total. The van der Waals surface area contributed by atoms with Crippen LogP contribution in [0.2, 0.25) is 0 Å². The van der Waals surface area contributed by atoms with Crippen LogP contribution in [0.1, 0.15) is 64.8 Å². The molecule has 1 amide bonds. The Morgan fingerprint density at radius 3 is 2.60 bits per heavy atom. The molecule has 0 N–H and O–H groups in total. The lowest BCUT2D eigenvalue weighted by Gasteiger charge is -2.21. The van der Waals surface area contributed by atoms with E-state index in [1.54, 1.807) is 11.3 Å². The minimum absolute atomic E-state index is 0.0918. The predicted molar refractivity (Wildman–Crippen MR) is 121 cm³/mol. The highest BCUT2D eigenvalue weighted by molar-refractivity contribution is 7.09. The lowest BCUT2D eigenvalue weighted by molar-refractivity contribution is 0.0728. The van der Waals surface area contributed by atoms with Crippen LogP contribution in [0.5, 0.6) is 5.75 Å². The maximum atomic E-state index is 13.0. The number of rotatable bonds is 8. The van der Waals surface area contributed by atoms with Crippen LogP contribution in [0.25, 0.3) is 0 Å². The summed E-state index contributed by atoms with van der Waals surface area (Å²) in [7, 11) is 0. The highest BCUT2D eigenvalue weighted by Gasteiger charge is 2.33. The first-order valence-electron chi connectivity index (χ1n) is 10.5. The number of para-hydroxylation sites is 1. The molecule has 1 aromatic heterocycles. The molecule has 1 saturated carbocycles. The maximum Gasteiger partial charge on any atom is 0.254 e. The predicted octanol–water partition coefficient (Wildman–Crippen LogP) is 5.96. The lowest BCUT2D eigenvalue weighted by atomic mass is 10.0. The summed E-state index contributed by atoms with van der Waals surface area (Å²) in [5.41, 5.74) is 4.05. The molecular formula is C25H28N2O2S.